The molecule has 2 rings (SSSR count). The van der Waals surface area contributed by atoms with Gasteiger partial charge < -0.3 is 4.57 Å². The molecule has 0 aliphatic carbocycles. The lowest BCUT2D eigenvalue weighted by atomic mass is 10.2. The summed E-state index contributed by atoms with van der Waals surface area (Å²) >= 11 is 0. The van der Waals surface area contributed by atoms with E-state index in [-0.39, 0.29) is 22.7 Å². The summed E-state index contributed by atoms with van der Waals surface area (Å²) in [7, 11) is -3.49. The summed E-state index contributed by atoms with van der Waals surface area (Å²) in [6.07, 6.45) is 0. The fourth-order valence-electron chi connectivity index (χ4n) is 3.31. The minimum Gasteiger partial charge on any atom is -0.359 e. The van der Waals surface area contributed by atoms with Crippen LogP contribution < -0.4 is 4.57 Å². The largest absolute Gasteiger partial charge is 0.359 e. The van der Waals surface area contributed by atoms with Gasteiger partial charge in [0, 0.05) is 0 Å². The van der Waals surface area contributed by atoms with E-state index >= 15 is 0 Å². The predicted octanol–water partition coefficient (Wildman–Crippen LogP) is 6.88. The van der Waals surface area contributed by atoms with Gasteiger partial charge in [-0.15, -0.1) is 0 Å². The van der Waals surface area contributed by atoms with E-state index in [2.05, 4.69) is 0 Å². The molecular weight excluding hydrogens is 429 g/mol. The van der Waals surface area contributed by atoms with Crippen molar-refractivity contribution < 1.29 is 39.5 Å². The van der Waals surface area contributed by atoms with Crippen molar-refractivity contribution in [2.24, 2.45) is 0 Å². The van der Waals surface area contributed by atoms with Crippen LogP contribution in [-0.2, 0) is 0 Å². The highest BCUT2D eigenvalue weighted by Crippen LogP contribution is 2.44. The second-order valence-corrected chi connectivity index (χ2v) is 11.3. The maximum Gasteiger partial charge on any atom is 0.200 e. The fourth-order valence-corrected chi connectivity index (χ4v) is 7.10. The van der Waals surface area contributed by atoms with Crippen molar-refractivity contribution in [3.8, 4) is 0 Å². The number of halogens is 9. The summed E-state index contributed by atoms with van der Waals surface area (Å²) in [6.45, 7) is 4.45. The molecule has 2 aromatic rings. The number of hydrogen-bond donors (Lipinski definition) is 0. The Labute approximate surface area is 161 Å². The smallest absolute Gasteiger partial charge is 0.200 e. The Hall–Kier alpha value is -2.17. The van der Waals surface area contributed by atoms with E-state index in [9.17, 15) is 39.5 Å². The quantitative estimate of drug-likeness (QED) is 0.203. The summed E-state index contributed by atoms with van der Waals surface area (Å²) in [5.41, 5.74) is -3.21. The van der Waals surface area contributed by atoms with Crippen molar-refractivity contribution in [3.05, 3.63) is 58.4 Å². The first-order valence-electron chi connectivity index (χ1n) is 8.55. The number of rotatable bonds is 6. The van der Waals surface area contributed by atoms with Crippen LogP contribution in [0.3, 0.4) is 0 Å². The third-order valence-corrected chi connectivity index (χ3v) is 10.4. The first-order valence-corrected chi connectivity index (χ1v) is 11.1. The van der Waals surface area contributed by atoms with E-state index in [0.29, 0.717) is 0 Å². The first kappa shape index (κ1) is 23.1. The third kappa shape index (κ3) is 3.49. The van der Waals surface area contributed by atoms with Gasteiger partial charge in [0.25, 0.3) is 0 Å². The minimum atomic E-state index is -3.49. The second kappa shape index (κ2) is 8.29. The van der Waals surface area contributed by atoms with Gasteiger partial charge in [-0.2, -0.15) is 0 Å². The van der Waals surface area contributed by atoms with Crippen LogP contribution in [0.1, 0.15) is 20.8 Å². The zero-order valence-electron chi connectivity index (χ0n) is 15.5. The fraction of sp³-hybridized carbons (Fsp3) is 0.333. The molecule has 2 aromatic carbocycles. The highest BCUT2D eigenvalue weighted by Gasteiger charge is 2.44. The molecule has 1 nitrogen and oxygen atoms in total. The molecular formula is C18H15F9NSi. The van der Waals surface area contributed by atoms with E-state index < -0.39 is 72.0 Å². The van der Waals surface area contributed by atoms with Crippen molar-refractivity contribution in [2.45, 2.75) is 38.9 Å². The minimum absolute atomic E-state index is 0.0141. The summed E-state index contributed by atoms with van der Waals surface area (Å²) < 4.78 is 127. The maximum absolute atomic E-state index is 14.6. The summed E-state index contributed by atoms with van der Waals surface area (Å²) in [4.78, 5) is 0. The van der Waals surface area contributed by atoms with Gasteiger partial charge in [0.05, 0.1) is 6.07 Å². The van der Waals surface area contributed by atoms with Crippen molar-refractivity contribution in [1.29, 1.82) is 0 Å². The van der Waals surface area contributed by atoms with Gasteiger partial charge in [-0.3, -0.25) is 0 Å². The SMILES string of the molecule is CC[Si](CC)(CC)N(c1c(F)c(F)[c]c(F)c1F)c1c(F)c(F)c(F)c(F)c1F. The van der Waals surface area contributed by atoms with Gasteiger partial charge in [-0.25, -0.2) is 39.5 Å². The molecule has 0 aliphatic rings. The third-order valence-electron chi connectivity index (χ3n) is 5.10. The Morgan fingerprint density at radius 1 is 0.552 bits per heavy atom. The van der Waals surface area contributed by atoms with E-state index in [1.807, 2.05) is 0 Å². The van der Waals surface area contributed by atoms with Crippen molar-refractivity contribution in [3.63, 3.8) is 0 Å². The molecule has 159 valence electrons. The van der Waals surface area contributed by atoms with E-state index in [4.69, 9.17) is 0 Å². The molecule has 0 unspecified atom stereocenters. The Bertz CT molecular complexity index is 880. The molecule has 11 heteroatoms. The predicted molar refractivity (Wildman–Crippen MR) is 90.7 cm³/mol. The lowest BCUT2D eigenvalue weighted by Gasteiger charge is -2.43. The highest BCUT2D eigenvalue weighted by atomic mass is 28.3. The van der Waals surface area contributed by atoms with Crippen LogP contribution in [0.25, 0.3) is 0 Å². The molecule has 0 fully saturated rings. The van der Waals surface area contributed by atoms with E-state index in [1.165, 1.54) is 20.8 Å². The van der Waals surface area contributed by atoms with Crippen molar-refractivity contribution >= 4 is 19.6 Å². The molecule has 0 spiro atoms. The zero-order chi connectivity index (χ0) is 22.3. The second-order valence-electron chi connectivity index (χ2n) is 6.27. The maximum atomic E-state index is 14.6. The van der Waals surface area contributed by atoms with Gasteiger partial charge in [0.15, 0.2) is 54.8 Å². The Balaban J connectivity index is 3.11. The molecule has 29 heavy (non-hydrogen) atoms. The number of benzene rings is 2. The van der Waals surface area contributed by atoms with Gasteiger partial charge >= 0.3 is 0 Å². The van der Waals surface area contributed by atoms with Crippen LogP contribution >= 0.6 is 0 Å². The Morgan fingerprint density at radius 3 is 1.21 bits per heavy atom. The average Bonchev–Trinajstić information content (AvgIpc) is 2.71. The molecule has 0 aromatic heterocycles. The van der Waals surface area contributed by atoms with Gasteiger partial charge in [-0.1, -0.05) is 20.8 Å². The van der Waals surface area contributed by atoms with Gasteiger partial charge in [0.1, 0.15) is 11.4 Å². The monoisotopic (exact) mass is 444 g/mol. The molecule has 1 radical (unpaired) electrons. The molecule has 0 atom stereocenters. The standard InChI is InChI=1S/C18H15F9NSi/c1-4-29(5-2,6-3)28(17-10(21)8(19)7-9(20)11(17)22)18-15(26)13(24)12(23)14(25)16(18)27/h4-6H2,1-3H3. The molecule has 0 saturated heterocycles. The topological polar surface area (TPSA) is 3.24 Å². The Morgan fingerprint density at radius 2 is 0.862 bits per heavy atom. The first-order chi connectivity index (χ1) is 13.5. The van der Waals surface area contributed by atoms with Crippen LogP contribution in [0.15, 0.2) is 0 Å². The van der Waals surface area contributed by atoms with Crippen LogP contribution in [-0.4, -0.2) is 8.24 Å². The van der Waals surface area contributed by atoms with Crippen molar-refractivity contribution in [1.82, 2.24) is 0 Å². The number of nitrogens with zero attached hydrogens (tertiary/aromatic N) is 1. The van der Waals surface area contributed by atoms with Gasteiger partial charge in [-0.05, 0) is 18.1 Å². The van der Waals surface area contributed by atoms with Crippen LogP contribution in [0.5, 0.6) is 0 Å². The number of anilines is 2. The summed E-state index contributed by atoms with van der Waals surface area (Å²) in [5, 5.41) is 0. The molecule has 0 bridgehead atoms. The van der Waals surface area contributed by atoms with Crippen LogP contribution in [0.4, 0.5) is 50.9 Å². The molecule has 0 N–H and O–H groups in total. The lowest BCUT2D eigenvalue weighted by Crippen LogP contribution is -2.51. The lowest BCUT2D eigenvalue weighted by molar-refractivity contribution is 0.380. The summed E-state index contributed by atoms with van der Waals surface area (Å²) in [6, 6.07) is 1.17. The van der Waals surface area contributed by atoms with E-state index in [1.54, 1.807) is 0 Å². The zero-order valence-corrected chi connectivity index (χ0v) is 16.5. The Kier molecular flexibility index (Phi) is 6.60. The van der Waals surface area contributed by atoms with E-state index in [0.717, 1.165) is 6.07 Å². The molecule has 0 amide bonds. The molecule has 0 heterocycles. The summed E-state index contributed by atoms with van der Waals surface area (Å²) in [5.74, 6) is -20.0. The van der Waals surface area contributed by atoms with Crippen molar-refractivity contribution in [2.75, 3.05) is 4.57 Å². The molecule has 0 saturated carbocycles. The number of hydrogen-bond acceptors (Lipinski definition) is 1. The van der Waals surface area contributed by atoms with Gasteiger partial charge in [0.2, 0.25) is 5.82 Å². The normalized spacial score (nSPS) is 11.9. The van der Waals surface area contributed by atoms with Crippen LogP contribution in [0, 0.1) is 58.4 Å². The molecule has 0 aliphatic heterocycles. The van der Waals surface area contributed by atoms with Crippen LogP contribution in [0.2, 0.25) is 18.1 Å². The average molecular weight is 444 g/mol. The highest BCUT2D eigenvalue weighted by molar-refractivity contribution is 6.84.